The number of hydrogen-bond donors (Lipinski definition) is 1. The molecule has 0 unspecified atom stereocenters. The molecule has 0 saturated heterocycles. The average molecular weight is 244 g/mol. The highest BCUT2D eigenvalue weighted by atomic mass is 16.5. The number of rotatable bonds is 3. The molecule has 0 aliphatic heterocycles. The predicted molar refractivity (Wildman–Crippen MR) is 68.2 cm³/mol. The molecule has 0 saturated carbocycles. The zero-order chi connectivity index (χ0) is 13.0. The van der Waals surface area contributed by atoms with E-state index in [9.17, 15) is 0 Å². The maximum Gasteiger partial charge on any atom is 0.127 e. The first-order valence-corrected chi connectivity index (χ1v) is 5.82. The van der Waals surface area contributed by atoms with Gasteiger partial charge in [-0.2, -0.15) is 0 Å². The molecule has 3 rings (SSSR count). The molecule has 1 aromatic heterocycles. The number of ether oxygens (including phenoxy) is 1. The first-order chi connectivity index (χ1) is 8.76. The van der Waals surface area contributed by atoms with E-state index < -0.39 is 0 Å². The average Bonchev–Trinajstić information content (AvgIpc) is 2.36. The van der Waals surface area contributed by atoms with E-state index in [2.05, 4.69) is 22.1 Å². The van der Waals surface area contributed by atoms with Crippen molar-refractivity contribution in [2.24, 2.45) is 0 Å². The van der Waals surface area contributed by atoms with Crippen LogP contribution >= 0.6 is 0 Å². The summed E-state index contributed by atoms with van der Waals surface area (Å²) in [4.78, 5) is 8.07. The fourth-order valence-corrected chi connectivity index (χ4v) is 1.71. The van der Waals surface area contributed by atoms with Crippen molar-refractivity contribution >= 4 is 0 Å². The van der Waals surface area contributed by atoms with Crippen LogP contribution in [0, 0.1) is 17.4 Å². The Kier molecular flexibility index (Phi) is 3.89. The van der Waals surface area contributed by atoms with Crippen LogP contribution in [0.1, 0.15) is 11.4 Å². The standard InChI is InChI=1S/C7H10N2O.C7H6O/c1-6-7(2-5-10)9-4-3-8-6;1-8-7-4-5-2-3-6(5)7/h3-4,10H,2,5H2,1H3;2-4H,1H3. The maximum atomic E-state index is 8.58. The molecule has 1 heterocycles. The number of aromatic nitrogens is 2. The molecule has 2 aliphatic rings. The third-order valence-corrected chi connectivity index (χ3v) is 2.84. The topological polar surface area (TPSA) is 55.2 Å². The number of aliphatic hydroxyl groups excluding tert-OH is 1. The minimum Gasteiger partial charge on any atom is -0.496 e. The summed E-state index contributed by atoms with van der Waals surface area (Å²) in [6.07, 6.45) is 3.88. The normalized spacial score (nSPS) is 10.4. The van der Waals surface area contributed by atoms with Crippen molar-refractivity contribution in [1.29, 1.82) is 0 Å². The quantitative estimate of drug-likeness (QED) is 0.760. The van der Waals surface area contributed by atoms with Gasteiger partial charge in [0, 0.05) is 30.6 Å². The lowest BCUT2D eigenvalue weighted by atomic mass is 10.1. The fourth-order valence-electron chi connectivity index (χ4n) is 1.71. The van der Waals surface area contributed by atoms with Gasteiger partial charge in [-0.25, -0.2) is 0 Å². The van der Waals surface area contributed by atoms with E-state index in [0.29, 0.717) is 6.42 Å². The molecule has 0 aromatic carbocycles. The zero-order valence-corrected chi connectivity index (χ0v) is 10.6. The monoisotopic (exact) mass is 244 g/mol. The molecular weight excluding hydrogens is 228 g/mol. The Hall–Kier alpha value is -1.94. The van der Waals surface area contributed by atoms with Gasteiger partial charge in [-0.05, 0) is 18.2 Å². The maximum absolute atomic E-state index is 8.58. The molecule has 0 spiro atoms. The second kappa shape index (κ2) is 5.60. The number of aryl methyl sites for hydroxylation is 1. The number of benzene rings is 1. The van der Waals surface area contributed by atoms with Crippen LogP contribution in [0.25, 0.3) is 0 Å². The van der Waals surface area contributed by atoms with E-state index in [0.717, 1.165) is 17.1 Å². The summed E-state index contributed by atoms with van der Waals surface area (Å²) in [5.74, 6) is 1.03. The Morgan fingerprint density at radius 3 is 2.39 bits per heavy atom. The third kappa shape index (κ3) is 2.49. The van der Waals surface area contributed by atoms with E-state index in [-0.39, 0.29) is 6.61 Å². The van der Waals surface area contributed by atoms with Crippen LogP contribution < -0.4 is 4.74 Å². The van der Waals surface area contributed by atoms with Crippen LogP contribution in [-0.2, 0) is 6.42 Å². The Morgan fingerprint density at radius 1 is 1.22 bits per heavy atom. The van der Waals surface area contributed by atoms with E-state index in [4.69, 9.17) is 9.84 Å². The second-order valence-electron chi connectivity index (χ2n) is 3.98. The summed E-state index contributed by atoms with van der Waals surface area (Å²) in [5.41, 5.74) is 1.78. The molecule has 0 atom stereocenters. The molecule has 94 valence electrons. The Labute approximate surface area is 106 Å². The van der Waals surface area contributed by atoms with Crippen molar-refractivity contribution in [3.05, 3.63) is 52.4 Å². The van der Waals surface area contributed by atoms with Gasteiger partial charge in [0.2, 0.25) is 0 Å². The smallest absolute Gasteiger partial charge is 0.127 e. The van der Waals surface area contributed by atoms with E-state index >= 15 is 0 Å². The van der Waals surface area contributed by atoms with Crippen LogP contribution in [-0.4, -0.2) is 28.8 Å². The lowest BCUT2D eigenvalue weighted by Crippen LogP contribution is -1.98. The van der Waals surface area contributed by atoms with Crippen molar-refractivity contribution in [1.82, 2.24) is 9.97 Å². The van der Waals surface area contributed by atoms with E-state index in [1.165, 1.54) is 10.4 Å². The second-order valence-corrected chi connectivity index (χ2v) is 3.98. The lowest BCUT2D eigenvalue weighted by Gasteiger charge is -2.08. The van der Waals surface area contributed by atoms with Crippen LogP contribution in [0.5, 0.6) is 5.75 Å². The largest absolute Gasteiger partial charge is 0.496 e. The van der Waals surface area contributed by atoms with Gasteiger partial charge in [0.1, 0.15) is 5.75 Å². The molecular formula is C14H16N2O2. The molecule has 2 aliphatic carbocycles. The number of methoxy groups -OCH3 is 1. The van der Waals surface area contributed by atoms with Crippen molar-refractivity contribution in [3.8, 4) is 5.75 Å². The van der Waals surface area contributed by atoms with Gasteiger partial charge in [0.15, 0.2) is 0 Å². The molecule has 18 heavy (non-hydrogen) atoms. The van der Waals surface area contributed by atoms with Gasteiger partial charge >= 0.3 is 0 Å². The highest BCUT2D eigenvalue weighted by molar-refractivity contribution is 5.38. The Bertz CT molecular complexity index is 626. The first-order valence-electron chi connectivity index (χ1n) is 5.82. The zero-order valence-electron chi connectivity index (χ0n) is 10.6. The van der Waals surface area contributed by atoms with Gasteiger partial charge in [-0.15, -0.1) is 0 Å². The van der Waals surface area contributed by atoms with Crippen LogP contribution in [0.2, 0.25) is 0 Å². The molecule has 0 fully saturated rings. The number of aliphatic hydroxyl groups is 1. The molecule has 4 nitrogen and oxygen atoms in total. The molecule has 4 heteroatoms. The lowest BCUT2D eigenvalue weighted by molar-refractivity contribution is 0.297. The van der Waals surface area contributed by atoms with Gasteiger partial charge in [0.25, 0.3) is 0 Å². The summed E-state index contributed by atoms with van der Waals surface area (Å²) in [6.45, 7) is 2.03. The Balaban J connectivity index is 0.000000136. The summed E-state index contributed by atoms with van der Waals surface area (Å²) < 4.78 is 4.97. The molecule has 0 amide bonds. The number of nitrogens with zero attached hydrogens (tertiary/aromatic N) is 2. The Morgan fingerprint density at radius 2 is 2.00 bits per heavy atom. The molecule has 1 aromatic rings. The van der Waals surface area contributed by atoms with Crippen LogP contribution in [0.3, 0.4) is 0 Å². The third-order valence-electron chi connectivity index (χ3n) is 2.84. The minimum atomic E-state index is 0.138. The SMILES string of the molecule is COc1cc2ccc1=2.Cc1nccnc1CCO. The van der Waals surface area contributed by atoms with Crippen molar-refractivity contribution in [2.45, 2.75) is 13.3 Å². The van der Waals surface area contributed by atoms with Gasteiger partial charge in [-0.1, -0.05) is 12.1 Å². The van der Waals surface area contributed by atoms with Crippen LogP contribution in [0.15, 0.2) is 30.6 Å². The van der Waals surface area contributed by atoms with E-state index in [1.54, 1.807) is 19.5 Å². The minimum absolute atomic E-state index is 0.138. The number of hydrogen-bond acceptors (Lipinski definition) is 4. The van der Waals surface area contributed by atoms with Crippen molar-refractivity contribution < 1.29 is 9.84 Å². The summed E-state index contributed by atoms with van der Waals surface area (Å²) in [5, 5.41) is 11.2. The highest BCUT2D eigenvalue weighted by Gasteiger charge is 2.03. The van der Waals surface area contributed by atoms with Crippen molar-refractivity contribution in [3.63, 3.8) is 0 Å². The highest BCUT2D eigenvalue weighted by Crippen LogP contribution is 2.22. The van der Waals surface area contributed by atoms with E-state index in [1.807, 2.05) is 13.0 Å². The molecule has 1 N–H and O–H groups in total. The molecule has 0 bridgehead atoms. The van der Waals surface area contributed by atoms with Crippen molar-refractivity contribution in [2.75, 3.05) is 13.7 Å². The van der Waals surface area contributed by atoms with Gasteiger partial charge in [-0.3, -0.25) is 9.97 Å². The molecule has 0 radical (unpaired) electrons. The predicted octanol–water partition coefficient (Wildman–Crippen LogP) is 1.62. The van der Waals surface area contributed by atoms with Gasteiger partial charge < -0.3 is 9.84 Å². The van der Waals surface area contributed by atoms with Gasteiger partial charge in [0.05, 0.1) is 18.5 Å². The first kappa shape index (κ1) is 12.5. The summed E-state index contributed by atoms with van der Waals surface area (Å²) in [7, 11) is 1.70. The summed E-state index contributed by atoms with van der Waals surface area (Å²) in [6, 6.07) is 6.18. The van der Waals surface area contributed by atoms with Crippen LogP contribution in [0.4, 0.5) is 0 Å². The fraction of sp³-hybridized carbons (Fsp3) is 0.286. The summed E-state index contributed by atoms with van der Waals surface area (Å²) >= 11 is 0.